The maximum absolute atomic E-state index is 13.2. The topological polar surface area (TPSA) is 38.1 Å². The average Bonchev–Trinajstić information content (AvgIpc) is 3.06. The summed E-state index contributed by atoms with van der Waals surface area (Å²) in [5.74, 6) is -0.454. The number of nitrogens with zero attached hydrogens (tertiary/aromatic N) is 3. The van der Waals surface area contributed by atoms with Crippen LogP contribution in [0.25, 0.3) is 5.69 Å². The molecule has 3 rings (SSSR count). The maximum Gasteiger partial charge on any atom is 0.272 e. The highest BCUT2D eigenvalue weighted by Gasteiger charge is 2.21. The first-order valence-electron chi connectivity index (χ1n) is 7.77. The number of halogens is 1. The first-order chi connectivity index (χ1) is 12.1. The molecule has 0 aliphatic rings. The number of aromatic nitrogens is 2. The molecule has 1 heterocycles. The van der Waals surface area contributed by atoms with Crippen LogP contribution in [-0.2, 0) is 6.54 Å². The van der Waals surface area contributed by atoms with Crippen LogP contribution in [-0.4, -0.2) is 33.7 Å². The van der Waals surface area contributed by atoms with Crippen LogP contribution >= 0.6 is 11.8 Å². The number of carbonyl (C=O) groups excluding carboxylic acids is 1. The van der Waals surface area contributed by atoms with E-state index in [0.29, 0.717) is 23.1 Å². The van der Waals surface area contributed by atoms with Crippen molar-refractivity contribution in [3.05, 3.63) is 77.9 Å². The van der Waals surface area contributed by atoms with Crippen LogP contribution in [0.5, 0.6) is 0 Å². The molecule has 1 amide bonds. The molecule has 0 saturated heterocycles. The fourth-order valence-corrected chi connectivity index (χ4v) is 3.14. The highest BCUT2D eigenvalue weighted by atomic mass is 32.2. The third-order valence-corrected chi connectivity index (χ3v) is 4.48. The van der Waals surface area contributed by atoms with Gasteiger partial charge in [0, 0.05) is 19.3 Å². The van der Waals surface area contributed by atoms with E-state index in [1.165, 1.54) is 23.9 Å². The number of imidazole rings is 1. The molecule has 3 aromatic rings. The Bertz CT molecular complexity index is 862. The lowest BCUT2D eigenvalue weighted by molar-refractivity contribution is 0.0776. The van der Waals surface area contributed by atoms with E-state index in [9.17, 15) is 9.18 Å². The summed E-state index contributed by atoms with van der Waals surface area (Å²) in [5, 5.41) is 0.683. The van der Waals surface area contributed by atoms with Gasteiger partial charge in [-0.2, -0.15) is 0 Å². The molecule has 0 bridgehead atoms. The Morgan fingerprint density at radius 3 is 2.48 bits per heavy atom. The van der Waals surface area contributed by atoms with Crippen molar-refractivity contribution in [2.75, 3.05) is 13.3 Å². The first kappa shape index (κ1) is 17.2. The molecule has 2 aromatic carbocycles. The molecular weight excluding hydrogens is 337 g/mol. The smallest absolute Gasteiger partial charge is 0.272 e. The molecule has 0 unspecified atom stereocenters. The number of hydrogen-bond acceptors (Lipinski definition) is 3. The molecule has 0 aliphatic carbocycles. The highest BCUT2D eigenvalue weighted by molar-refractivity contribution is 7.98. The minimum atomic E-state index is -0.316. The molecule has 0 N–H and O–H groups in total. The lowest BCUT2D eigenvalue weighted by Gasteiger charge is -2.19. The highest BCUT2D eigenvalue weighted by Crippen LogP contribution is 2.23. The molecule has 6 heteroatoms. The quantitative estimate of drug-likeness (QED) is 0.649. The molecule has 0 aliphatic heterocycles. The summed E-state index contributed by atoms with van der Waals surface area (Å²) in [6.07, 6.45) is 3.46. The molecule has 0 radical (unpaired) electrons. The summed E-state index contributed by atoms with van der Waals surface area (Å²) in [6.45, 7) is 0.503. The fraction of sp³-hybridized carbons (Fsp3) is 0.158. The Labute approximate surface area is 150 Å². The van der Waals surface area contributed by atoms with Crippen LogP contribution in [0.3, 0.4) is 0 Å². The van der Waals surface area contributed by atoms with E-state index in [-0.39, 0.29) is 11.7 Å². The van der Waals surface area contributed by atoms with Crippen LogP contribution in [0.4, 0.5) is 4.39 Å². The summed E-state index contributed by atoms with van der Waals surface area (Å²) in [6, 6.07) is 15.8. The van der Waals surface area contributed by atoms with E-state index in [2.05, 4.69) is 4.98 Å². The van der Waals surface area contributed by atoms with Gasteiger partial charge >= 0.3 is 0 Å². The van der Waals surface area contributed by atoms with E-state index in [4.69, 9.17) is 0 Å². The molecule has 0 spiro atoms. The Balaban J connectivity index is 1.92. The van der Waals surface area contributed by atoms with Gasteiger partial charge in [-0.3, -0.25) is 9.36 Å². The number of benzene rings is 2. The van der Waals surface area contributed by atoms with Crippen molar-refractivity contribution >= 4 is 17.7 Å². The van der Waals surface area contributed by atoms with Crippen molar-refractivity contribution in [3.63, 3.8) is 0 Å². The summed E-state index contributed by atoms with van der Waals surface area (Å²) < 4.78 is 15.0. The monoisotopic (exact) mass is 355 g/mol. The third-order valence-electron chi connectivity index (χ3n) is 3.83. The van der Waals surface area contributed by atoms with Crippen LogP contribution in [0, 0.1) is 5.82 Å². The van der Waals surface area contributed by atoms with Gasteiger partial charge in [-0.15, -0.1) is 0 Å². The molecule has 0 saturated carbocycles. The average molecular weight is 355 g/mol. The molecule has 25 heavy (non-hydrogen) atoms. The second kappa shape index (κ2) is 7.53. The normalized spacial score (nSPS) is 10.7. The van der Waals surface area contributed by atoms with Gasteiger partial charge in [-0.1, -0.05) is 42.1 Å². The van der Waals surface area contributed by atoms with Crippen molar-refractivity contribution in [2.24, 2.45) is 0 Å². The zero-order chi connectivity index (χ0) is 17.8. The van der Waals surface area contributed by atoms with E-state index < -0.39 is 0 Å². The Morgan fingerprint density at radius 1 is 1.16 bits per heavy atom. The standard InChI is InChI=1S/C19H18FN3OS/c1-22(13-14-6-4-3-5-7-14)18(24)17-12-21-19(25-2)23(17)16-10-8-15(20)9-11-16/h3-12H,13H2,1-2H3. The largest absolute Gasteiger partial charge is 0.336 e. The van der Waals surface area contributed by atoms with Crippen LogP contribution < -0.4 is 0 Å². The summed E-state index contributed by atoms with van der Waals surface area (Å²) in [4.78, 5) is 18.9. The minimum absolute atomic E-state index is 0.138. The van der Waals surface area contributed by atoms with Gasteiger partial charge in [0.15, 0.2) is 5.16 Å². The maximum atomic E-state index is 13.2. The molecule has 128 valence electrons. The molecular formula is C19H18FN3OS. The van der Waals surface area contributed by atoms with Gasteiger partial charge in [0.1, 0.15) is 11.5 Å². The minimum Gasteiger partial charge on any atom is -0.336 e. The van der Waals surface area contributed by atoms with Crippen molar-refractivity contribution < 1.29 is 9.18 Å². The second-order valence-corrected chi connectivity index (χ2v) is 6.36. The van der Waals surface area contributed by atoms with Gasteiger partial charge < -0.3 is 4.90 Å². The van der Waals surface area contributed by atoms with E-state index in [0.717, 1.165) is 5.56 Å². The van der Waals surface area contributed by atoms with E-state index in [1.54, 1.807) is 34.8 Å². The number of thioether (sulfide) groups is 1. The van der Waals surface area contributed by atoms with Crippen molar-refractivity contribution in [1.29, 1.82) is 0 Å². The molecule has 4 nitrogen and oxygen atoms in total. The number of hydrogen-bond donors (Lipinski definition) is 0. The van der Waals surface area contributed by atoms with Crippen LogP contribution in [0.15, 0.2) is 66.0 Å². The lowest BCUT2D eigenvalue weighted by Crippen LogP contribution is -2.28. The predicted octanol–water partition coefficient (Wildman–Crippen LogP) is 4.01. The van der Waals surface area contributed by atoms with Crippen molar-refractivity contribution in [1.82, 2.24) is 14.5 Å². The fourth-order valence-electron chi connectivity index (χ4n) is 2.59. The Kier molecular flexibility index (Phi) is 5.19. The van der Waals surface area contributed by atoms with Gasteiger partial charge in [0.2, 0.25) is 0 Å². The number of rotatable bonds is 5. The lowest BCUT2D eigenvalue weighted by atomic mass is 10.2. The molecule has 1 aromatic heterocycles. The van der Waals surface area contributed by atoms with Gasteiger partial charge in [0.05, 0.1) is 6.20 Å². The Hall–Kier alpha value is -2.60. The van der Waals surface area contributed by atoms with Gasteiger partial charge in [-0.25, -0.2) is 9.37 Å². The summed E-state index contributed by atoms with van der Waals surface area (Å²) >= 11 is 1.44. The number of carbonyl (C=O) groups is 1. The van der Waals surface area contributed by atoms with E-state index in [1.807, 2.05) is 36.6 Å². The van der Waals surface area contributed by atoms with Crippen LogP contribution in [0.2, 0.25) is 0 Å². The zero-order valence-electron chi connectivity index (χ0n) is 14.0. The third kappa shape index (κ3) is 3.74. The van der Waals surface area contributed by atoms with Crippen LogP contribution in [0.1, 0.15) is 16.1 Å². The van der Waals surface area contributed by atoms with Crippen molar-refractivity contribution in [3.8, 4) is 5.69 Å². The number of amides is 1. The first-order valence-corrected chi connectivity index (χ1v) is 8.99. The second-order valence-electron chi connectivity index (χ2n) is 5.59. The molecule has 0 atom stereocenters. The zero-order valence-corrected chi connectivity index (χ0v) is 14.8. The SMILES string of the molecule is CSc1ncc(C(=O)N(C)Cc2ccccc2)n1-c1ccc(F)cc1. The van der Waals surface area contributed by atoms with Crippen molar-refractivity contribution in [2.45, 2.75) is 11.7 Å². The van der Waals surface area contributed by atoms with E-state index >= 15 is 0 Å². The molecule has 0 fully saturated rings. The Morgan fingerprint density at radius 2 is 1.84 bits per heavy atom. The predicted molar refractivity (Wildman–Crippen MR) is 97.5 cm³/mol. The summed E-state index contributed by atoms with van der Waals surface area (Å²) in [5.41, 5.74) is 2.21. The van der Waals surface area contributed by atoms with Gasteiger partial charge in [0.25, 0.3) is 5.91 Å². The van der Waals surface area contributed by atoms with Gasteiger partial charge in [-0.05, 0) is 36.1 Å². The summed E-state index contributed by atoms with van der Waals surface area (Å²) in [7, 11) is 1.76.